The number of rotatable bonds is 6. The minimum Gasteiger partial charge on any atom is -0.472 e. The maximum absolute atomic E-state index is 11.7. The minimum absolute atomic E-state index is 0.166. The second-order valence-corrected chi connectivity index (χ2v) is 8.97. The van der Waals surface area contributed by atoms with E-state index in [1.807, 2.05) is 0 Å². The third-order valence-corrected chi connectivity index (χ3v) is 4.06. The predicted octanol–water partition coefficient (Wildman–Crippen LogP) is 1.42. The Morgan fingerprint density at radius 1 is 1.25 bits per heavy atom. The number of carbonyl (C=O) groups excluding carboxylic acids is 1. The average Bonchev–Trinajstić information content (AvgIpc) is 2.57. The molecule has 9 nitrogen and oxygen atoms in total. The Labute approximate surface area is 165 Å². The first kappa shape index (κ1) is 21.6. The number of amides is 2. The number of aliphatic hydroxyl groups excluding tert-OH is 1. The summed E-state index contributed by atoms with van der Waals surface area (Å²) < 4.78 is 20.6. The molecule has 1 aromatic carbocycles. The van der Waals surface area contributed by atoms with Crippen molar-refractivity contribution in [3.05, 3.63) is 30.5 Å². The molecule has 0 unspecified atom stereocenters. The molecule has 2 atom stereocenters. The highest BCUT2D eigenvalue weighted by molar-refractivity contribution is 7.92. The molecular formula is C17H22BN5O4S. The first-order chi connectivity index (χ1) is 13.0. The van der Waals surface area contributed by atoms with Gasteiger partial charge < -0.3 is 20.5 Å². The molecule has 2 amide bonds. The number of nitrogens with zero attached hydrogens (tertiary/aromatic N) is 3. The lowest BCUT2D eigenvalue weighted by Crippen LogP contribution is -2.28. The molecule has 1 aromatic heterocycles. The molecule has 0 aliphatic rings. The summed E-state index contributed by atoms with van der Waals surface area (Å²) >= 11 is 0. The van der Waals surface area contributed by atoms with Crippen molar-refractivity contribution in [3.63, 3.8) is 0 Å². The number of nitrogens with one attached hydrogen (secondary N) is 2. The molecule has 2 radical (unpaired) electrons. The number of carbonyl (C=O) groups is 1. The van der Waals surface area contributed by atoms with Gasteiger partial charge in [-0.2, -0.15) is 4.98 Å². The van der Waals surface area contributed by atoms with Crippen molar-refractivity contribution in [2.75, 3.05) is 23.1 Å². The van der Waals surface area contributed by atoms with Crippen LogP contribution in [0.5, 0.6) is 5.88 Å². The Morgan fingerprint density at radius 3 is 2.43 bits per heavy atom. The Hall–Kier alpha value is -2.66. The topological polar surface area (TPSA) is 126 Å². The van der Waals surface area contributed by atoms with E-state index in [0.29, 0.717) is 11.4 Å². The lowest BCUT2D eigenvalue weighted by molar-refractivity contribution is 0.0582. The maximum Gasteiger partial charge on any atom is 0.353 e. The second-order valence-electron chi connectivity index (χ2n) is 6.42. The third kappa shape index (κ3) is 6.82. The van der Waals surface area contributed by atoms with Crippen molar-refractivity contribution in [3.8, 4) is 5.88 Å². The zero-order valence-electron chi connectivity index (χ0n) is 16.0. The number of hydrogen-bond donors (Lipinski definition) is 3. The Morgan fingerprint density at radius 2 is 1.86 bits per heavy atom. The highest BCUT2D eigenvalue weighted by atomic mass is 32.2. The van der Waals surface area contributed by atoms with Gasteiger partial charge in [0.1, 0.15) is 14.0 Å². The molecule has 28 heavy (non-hydrogen) atoms. The molecule has 2 rings (SSSR count). The molecular weight excluding hydrogens is 381 g/mol. The zero-order valence-corrected chi connectivity index (χ0v) is 16.9. The fourth-order valence-electron chi connectivity index (χ4n) is 1.92. The van der Waals surface area contributed by atoms with Crippen molar-refractivity contribution >= 4 is 46.4 Å². The fraction of sp³-hybridized carbons (Fsp3) is 0.353. The van der Waals surface area contributed by atoms with Gasteiger partial charge >= 0.3 is 6.03 Å². The number of urea groups is 1. The molecule has 1 heterocycles. The van der Waals surface area contributed by atoms with Gasteiger partial charge in [0.2, 0.25) is 11.8 Å². The normalized spacial score (nSPS) is 13.3. The highest BCUT2D eigenvalue weighted by Crippen LogP contribution is 2.18. The van der Waals surface area contributed by atoms with Crippen LogP contribution >= 0.6 is 0 Å². The highest BCUT2D eigenvalue weighted by Gasteiger charge is 2.14. The van der Waals surface area contributed by atoms with Crippen LogP contribution in [0.25, 0.3) is 0 Å². The molecule has 0 fully saturated rings. The number of hydrogen-bond acceptors (Lipinski definition) is 7. The smallest absolute Gasteiger partial charge is 0.353 e. The van der Waals surface area contributed by atoms with Gasteiger partial charge in [0.25, 0.3) is 0 Å². The van der Waals surface area contributed by atoms with Gasteiger partial charge in [-0.15, -0.1) is 4.36 Å². The van der Waals surface area contributed by atoms with Gasteiger partial charge in [0.15, 0.2) is 0 Å². The van der Waals surface area contributed by atoms with Crippen molar-refractivity contribution in [2.24, 2.45) is 4.36 Å². The van der Waals surface area contributed by atoms with E-state index in [9.17, 15) is 14.1 Å². The average molecular weight is 403 g/mol. The Bertz CT molecular complexity index is 951. The first-order valence-electron chi connectivity index (χ1n) is 8.36. The lowest BCUT2D eigenvalue weighted by Gasteiger charge is -2.18. The van der Waals surface area contributed by atoms with E-state index in [4.69, 9.17) is 12.6 Å². The number of aromatic nitrogens is 2. The van der Waals surface area contributed by atoms with Crippen LogP contribution in [0.15, 0.2) is 34.8 Å². The standard InChI is InChI=1S/C17H22BN5O4S/c1-10(24)11(2)27-15-14(18)9-19-16(22-15)20-12-5-7-13(8-6-12)21-17(25)23-28(3,4)26/h5-11,24H,1-4H3,(H,21,25)(H,19,20,22)/t10-,11-/m1/s1. The van der Waals surface area contributed by atoms with Crippen LogP contribution < -0.4 is 20.8 Å². The maximum atomic E-state index is 11.7. The van der Waals surface area contributed by atoms with E-state index in [0.717, 1.165) is 0 Å². The Balaban J connectivity index is 2.08. The van der Waals surface area contributed by atoms with Crippen LogP contribution in [0, 0.1) is 0 Å². The summed E-state index contributed by atoms with van der Waals surface area (Å²) in [4.78, 5) is 20.0. The summed E-state index contributed by atoms with van der Waals surface area (Å²) in [6, 6.07) is 6.01. The summed E-state index contributed by atoms with van der Waals surface area (Å²) in [7, 11) is 3.29. The molecule has 0 saturated heterocycles. The molecule has 0 spiro atoms. The van der Waals surface area contributed by atoms with E-state index in [1.54, 1.807) is 38.1 Å². The summed E-state index contributed by atoms with van der Waals surface area (Å²) in [5, 5.41) is 15.1. The summed E-state index contributed by atoms with van der Waals surface area (Å²) in [6.45, 7) is 3.31. The number of benzene rings is 1. The van der Waals surface area contributed by atoms with Crippen LogP contribution in [0.2, 0.25) is 0 Å². The third-order valence-electron chi connectivity index (χ3n) is 3.45. The quantitative estimate of drug-likeness (QED) is 0.623. The molecule has 11 heteroatoms. The molecule has 0 aliphatic carbocycles. The van der Waals surface area contributed by atoms with Crippen molar-refractivity contribution in [1.29, 1.82) is 0 Å². The summed E-state index contributed by atoms with van der Waals surface area (Å²) in [6.07, 6.45) is 2.99. The molecule has 0 aliphatic heterocycles. The zero-order chi connectivity index (χ0) is 20.9. The van der Waals surface area contributed by atoms with Crippen LogP contribution in [-0.2, 0) is 9.73 Å². The van der Waals surface area contributed by atoms with Crippen LogP contribution in [-0.4, -0.2) is 57.9 Å². The van der Waals surface area contributed by atoms with E-state index in [2.05, 4.69) is 25.0 Å². The molecule has 0 saturated carbocycles. The van der Waals surface area contributed by atoms with Gasteiger partial charge in [-0.25, -0.2) is 14.0 Å². The minimum atomic E-state index is -2.52. The molecule has 0 bridgehead atoms. The summed E-state index contributed by atoms with van der Waals surface area (Å²) in [5.41, 5.74) is 1.41. The molecule has 148 valence electrons. The number of ether oxygens (including phenoxy) is 1. The fourth-order valence-corrected chi connectivity index (χ4v) is 2.36. The van der Waals surface area contributed by atoms with Crippen molar-refractivity contribution < 1.29 is 18.8 Å². The second kappa shape index (κ2) is 9.02. The van der Waals surface area contributed by atoms with Crippen LogP contribution in [0.3, 0.4) is 0 Å². The lowest BCUT2D eigenvalue weighted by atomic mass is 10.00. The molecule has 3 N–H and O–H groups in total. The SMILES string of the molecule is [B]c1cnc(Nc2ccc(NC(=O)N=S(C)(C)=O)cc2)nc1O[C@H](C)[C@@H](C)O. The van der Waals surface area contributed by atoms with E-state index in [1.165, 1.54) is 18.7 Å². The number of anilines is 3. The van der Waals surface area contributed by atoms with Gasteiger partial charge in [-0.3, -0.25) is 0 Å². The van der Waals surface area contributed by atoms with Gasteiger partial charge in [-0.1, -0.05) is 0 Å². The van der Waals surface area contributed by atoms with E-state index < -0.39 is 28.0 Å². The van der Waals surface area contributed by atoms with Gasteiger partial charge in [-0.05, 0) is 43.6 Å². The molecule has 2 aromatic rings. The monoisotopic (exact) mass is 403 g/mol. The van der Waals surface area contributed by atoms with Crippen molar-refractivity contribution in [2.45, 2.75) is 26.1 Å². The van der Waals surface area contributed by atoms with Crippen molar-refractivity contribution in [1.82, 2.24) is 9.97 Å². The van der Waals surface area contributed by atoms with Gasteiger partial charge in [0.05, 0.1) is 15.8 Å². The first-order valence-corrected chi connectivity index (χ1v) is 10.7. The Kier molecular flexibility index (Phi) is 6.97. The summed E-state index contributed by atoms with van der Waals surface area (Å²) in [5.74, 6) is 0.421. The van der Waals surface area contributed by atoms with Crippen LogP contribution in [0.4, 0.5) is 22.1 Å². The number of aliphatic hydroxyl groups is 1. The van der Waals surface area contributed by atoms with E-state index >= 15 is 0 Å². The predicted molar refractivity (Wildman–Crippen MR) is 110 cm³/mol. The van der Waals surface area contributed by atoms with Crippen LogP contribution in [0.1, 0.15) is 13.8 Å². The largest absolute Gasteiger partial charge is 0.472 e. The van der Waals surface area contributed by atoms with Gasteiger partial charge in [0, 0.05) is 30.1 Å². The van der Waals surface area contributed by atoms with E-state index in [-0.39, 0.29) is 17.3 Å².